The molecule has 0 aliphatic heterocycles. The third-order valence-corrected chi connectivity index (χ3v) is 4.41. The van der Waals surface area contributed by atoms with Crippen molar-refractivity contribution in [1.82, 2.24) is 10.3 Å². The van der Waals surface area contributed by atoms with E-state index < -0.39 is 0 Å². The number of hydrogen-bond donors (Lipinski definition) is 1. The third-order valence-electron chi connectivity index (χ3n) is 3.35. The number of aromatic nitrogens is 1. The van der Waals surface area contributed by atoms with E-state index in [0.717, 1.165) is 26.8 Å². The van der Waals surface area contributed by atoms with Gasteiger partial charge in [-0.25, -0.2) is 0 Å². The van der Waals surface area contributed by atoms with Crippen molar-refractivity contribution in [3.63, 3.8) is 0 Å². The Morgan fingerprint density at radius 1 is 1.24 bits per heavy atom. The smallest absolute Gasteiger partial charge is 0.138 e. The van der Waals surface area contributed by atoms with Crippen LogP contribution < -0.4 is 10.1 Å². The fourth-order valence-corrected chi connectivity index (χ4v) is 3.02. The van der Waals surface area contributed by atoms with Crippen LogP contribution >= 0.6 is 31.9 Å². The van der Waals surface area contributed by atoms with Gasteiger partial charge in [0.25, 0.3) is 0 Å². The molecule has 3 nitrogen and oxygen atoms in total. The van der Waals surface area contributed by atoms with Crippen molar-refractivity contribution in [3.05, 3.63) is 56.7 Å². The Bertz CT molecular complexity index is 629. The first kappa shape index (κ1) is 15.0. The molecule has 21 heavy (non-hydrogen) atoms. The Morgan fingerprint density at radius 2 is 2.10 bits per heavy atom. The number of halogens is 2. The van der Waals surface area contributed by atoms with E-state index in [0.29, 0.717) is 12.6 Å². The molecule has 1 aliphatic carbocycles. The van der Waals surface area contributed by atoms with Crippen LogP contribution in [0.4, 0.5) is 0 Å². The molecule has 0 radical (unpaired) electrons. The molecule has 1 fully saturated rings. The number of nitrogens with one attached hydrogen (secondary N) is 1. The minimum atomic E-state index is 0.505. The summed E-state index contributed by atoms with van der Waals surface area (Å²) in [6.07, 6.45) is 6.17. The number of para-hydroxylation sites is 1. The maximum Gasteiger partial charge on any atom is 0.138 e. The van der Waals surface area contributed by atoms with Crippen molar-refractivity contribution in [1.29, 1.82) is 0 Å². The fourth-order valence-electron chi connectivity index (χ4n) is 2.09. The van der Waals surface area contributed by atoms with Crippen LogP contribution in [0.5, 0.6) is 5.75 Å². The molecule has 0 bridgehead atoms. The van der Waals surface area contributed by atoms with Gasteiger partial charge in [0.15, 0.2) is 0 Å². The molecular weight excluding hydrogens is 396 g/mol. The van der Waals surface area contributed by atoms with Gasteiger partial charge in [-0.15, -0.1) is 0 Å². The molecule has 0 unspecified atom stereocenters. The number of hydrogen-bond acceptors (Lipinski definition) is 3. The monoisotopic (exact) mass is 410 g/mol. The van der Waals surface area contributed by atoms with Crippen molar-refractivity contribution < 1.29 is 4.74 Å². The Kier molecular flexibility index (Phi) is 4.93. The number of pyridine rings is 1. The van der Waals surface area contributed by atoms with Crippen LogP contribution in [0, 0.1) is 0 Å². The number of benzene rings is 1. The van der Waals surface area contributed by atoms with Crippen LogP contribution in [0.25, 0.3) is 0 Å². The van der Waals surface area contributed by atoms with E-state index in [1.165, 1.54) is 18.4 Å². The number of nitrogens with zero attached hydrogens (tertiary/aromatic N) is 1. The summed E-state index contributed by atoms with van der Waals surface area (Å²) >= 11 is 7.01. The predicted molar refractivity (Wildman–Crippen MR) is 90.3 cm³/mol. The Balaban J connectivity index is 1.70. The highest BCUT2D eigenvalue weighted by atomic mass is 79.9. The second-order valence-electron chi connectivity index (χ2n) is 5.18. The third kappa shape index (κ3) is 4.28. The molecule has 1 saturated carbocycles. The second-order valence-corrected chi connectivity index (χ2v) is 6.95. The lowest BCUT2D eigenvalue weighted by Gasteiger charge is -2.14. The average Bonchev–Trinajstić information content (AvgIpc) is 3.28. The van der Waals surface area contributed by atoms with Crippen LogP contribution in [0.15, 0.2) is 45.6 Å². The largest absolute Gasteiger partial charge is 0.487 e. The molecule has 0 spiro atoms. The van der Waals surface area contributed by atoms with Crippen LogP contribution in [0.2, 0.25) is 0 Å². The van der Waals surface area contributed by atoms with Crippen molar-refractivity contribution in [2.24, 2.45) is 0 Å². The molecule has 110 valence electrons. The molecular formula is C16H16Br2N2O. The van der Waals surface area contributed by atoms with E-state index in [4.69, 9.17) is 4.74 Å². The van der Waals surface area contributed by atoms with E-state index in [9.17, 15) is 0 Å². The molecule has 0 atom stereocenters. The highest BCUT2D eigenvalue weighted by Crippen LogP contribution is 2.31. The summed E-state index contributed by atoms with van der Waals surface area (Å²) < 4.78 is 7.96. The zero-order valence-corrected chi connectivity index (χ0v) is 14.7. The van der Waals surface area contributed by atoms with Crippen molar-refractivity contribution in [2.45, 2.75) is 32.0 Å². The zero-order valence-electron chi connectivity index (χ0n) is 11.5. The topological polar surface area (TPSA) is 34.1 Å². The van der Waals surface area contributed by atoms with E-state index in [1.807, 2.05) is 24.4 Å². The van der Waals surface area contributed by atoms with Gasteiger partial charge in [0, 0.05) is 40.6 Å². The lowest BCUT2D eigenvalue weighted by molar-refractivity contribution is 0.299. The van der Waals surface area contributed by atoms with Gasteiger partial charge in [0.05, 0.1) is 4.47 Å². The summed E-state index contributed by atoms with van der Waals surface area (Å²) in [5.74, 6) is 0.908. The molecule has 1 aromatic carbocycles. The first-order valence-electron chi connectivity index (χ1n) is 6.95. The summed E-state index contributed by atoms with van der Waals surface area (Å²) in [7, 11) is 0. The van der Waals surface area contributed by atoms with Crippen molar-refractivity contribution in [3.8, 4) is 5.75 Å². The predicted octanol–water partition coefficient (Wildman–Crippen LogP) is 4.44. The normalized spacial score (nSPS) is 14.2. The summed E-state index contributed by atoms with van der Waals surface area (Å²) in [6, 6.07) is 8.86. The fraction of sp³-hybridized carbons (Fsp3) is 0.312. The minimum Gasteiger partial charge on any atom is -0.487 e. The van der Waals surface area contributed by atoms with E-state index in [-0.39, 0.29) is 0 Å². The van der Waals surface area contributed by atoms with Crippen LogP contribution in [0.1, 0.15) is 24.0 Å². The van der Waals surface area contributed by atoms with Gasteiger partial charge in [-0.3, -0.25) is 4.98 Å². The Morgan fingerprint density at radius 3 is 2.86 bits per heavy atom. The standard InChI is InChI=1S/C16H16Br2N2O/c17-13-6-11(7-19-9-13)10-21-16-12(2-1-3-15(16)18)8-20-14-4-5-14/h1-3,6-7,9,14,20H,4-5,8,10H2. The van der Waals surface area contributed by atoms with Crippen molar-refractivity contribution in [2.75, 3.05) is 0 Å². The van der Waals surface area contributed by atoms with Crippen LogP contribution in [0.3, 0.4) is 0 Å². The molecule has 3 rings (SSSR count). The second kappa shape index (κ2) is 6.90. The van der Waals surface area contributed by atoms with Gasteiger partial charge in [0.2, 0.25) is 0 Å². The lowest BCUT2D eigenvalue weighted by Crippen LogP contribution is -2.16. The maximum absolute atomic E-state index is 6.01. The molecule has 0 saturated heterocycles. The van der Waals surface area contributed by atoms with Crippen molar-refractivity contribution >= 4 is 31.9 Å². The first-order chi connectivity index (χ1) is 10.2. The molecule has 1 N–H and O–H groups in total. The highest BCUT2D eigenvalue weighted by molar-refractivity contribution is 9.10. The zero-order chi connectivity index (χ0) is 14.7. The first-order valence-corrected chi connectivity index (χ1v) is 8.54. The maximum atomic E-state index is 6.01. The molecule has 5 heteroatoms. The molecule has 1 aromatic heterocycles. The molecule has 0 amide bonds. The minimum absolute atomic E-state index is 0.505. The summed E-state index contributed by atoms with van der Waals surface area (Å²) in [4.78, 5) is 4.16. The van der Waals surface area contributed by atoms with Gasteiger partial charge in [-0.05, 0) is 56.8 Å². The highest BCUT2D eigenvalue weighted by Gasteiger charge is 2.21. The van der Waals surface area contributed by atoms with Gasteiger partial charge in [-0.2, -0.15) is 0 Å². The molecule has 1 heterocycles. The summed E-state index contributed by atoms with van der Waals surface area (Å²) in [6.45, 7) is 1.35. The van der Waals surface area contributed by atoms with Crippen LogP contribution in [-0.4, -0.2) is 11.0 Å². The van der Waals surface area contributed by atoms with E-state index >= 15 is 0 Å². The van der Waals surface area contributed by atoms with Gasteiger partial charge < -0.3 is 10.1 Å². The van der Waals surface area contributed by atoms with E-state index in [1.54, 1.807) is 6.20 Å². The average molecular weight is 412 g/mol. The van der Waals surface area contributed by atoms with Crippen LogP contribution in [-0.2, 0) is 13.2 Å². The summed E-state index contributed by atoms with van der Waals surface area (Å²) in [5.41, 5.74) is 2.22. The Labute approximate surface area is 141 Å². The number of ether oxygens (including phenoxy) is 1. The van der Waals surface area contributed by atoms with Gasteiger partial charge in [-0.1, -0.05) is 12.1 Å². The molecule has 2 aromatic rings. The molecule has 1 aliphatic rings. The van der Waals surface area contributed by atoms with E-state index in [2.05, 4.69) is 48.2 Å². The number of rotatable bonds is 6. The Hall–Kier alpha value is -0.910. The quantitative estimate of drug-likeness (QED) is 0.762. The van der Waals surface area contributed by atoms with Gasteiger partial charge in [0.1, 0.15) is 12.4 Å². The van der Waals surface area contributed by atoms with Gasteiger partial charge >= 0.3 is 0 Å². The SMILES string of the molecule is Brc1cncc(COc2c(Br)cccc2CNC2CC2)c1. The lowest BCUT2D eigenvalue weighted by atomic mass is 10.2. The summed E-state index contributed by atoms with van der Waals surface area (Å²) in [5, 5.41) is 3.53.